The minimum atomic E-state index is -0.217. The van der Waals surface area contributed by atoms with Gasteiger partial charge >= 0.3 is 0 Å². The molecule has 0 bridgehead atoms. The Morgan fingerprint density at radius 2 is 1.62 bits per heavy atom. The van der Waals surface area contributed by atoms with Crippen LogP contribution >= 0.6 is 0 Å². The van der Waals surface area contributed by atoms with E-state index in [2.05, 4.69) is 25.1 Å². The molecule has 0 unspecified atom stereocenters. The molecular weight excluding hydrogens is 428 g/mol. The van der Waals surface area contributed by atoms with Crippen LogP contribution in [0.4, 0.5) is 17.5 Å². The van der Waals surface area contributed by atoms with Crippen LogP contribution in [0.3, 0.4) is 0 Å². The number of piperazine rings is 1. The van der Waals surface area contributed by atoms with E-state index in [1.54, 1.807) is 25.7 Å². The van der Waals surface area contributed by atoms with Gasteiger partial charge in [-0.25, -0.2) is 15.0 Å². The van der Waals surface area contributed by atoms with Gasteiger partial charge in [-0.2, -0.15) is 0 Å². The Labute approximate surface area is 198 Å². The first-order chi connectivity index (χ1) is 16.6. The van der Waals surface area contributed by atoms with Crippen molar-refractivity contribution in [2.24, 2.45) is 0 Å². The number of nitrogens with zero attached hydrogens (tertiary/aromatic N) is 5. The van der Waals surface area contributed by atoms with Crippen molar-refractivity contribution in [1.29, 1.82) is 0 Å². The molecule has 2 aromatic carbocycles. The van der Waals surface area contributed by atoms with Gasteiger partial charge in [-0.3, -0.25) is 4.79 Å². The molecular formula is C26H26N6O2. The highest BCUT2D eigenvalue weighted by molar-refractivity contribution is 6.14. The average molecular weight is 455 g/mol. The third kappa shape index (κ3) is 4.22. The molecule has 1 saturated heterocycles. The van der Waals surface area contributed by atoms with E-state index in [1.807, 2.05) is 55.5 Å². The maximum Gasteiger partial charge on any atom is 0.257 e. The van der Waals surface area contributed by atoms with Crippen molar-refractivity contribution in [3.63, 3.8) is 0 Å². The molecule has 0 atom stereocenters. The lowest BCUT2D eigenvalue weighted by atomic mass is 10.1. The van der Waals surface area contributed by atoms with Gasteiger partial charge in [0.15, 0.2) is 0 Å². The van der Waals surface area contributed by atoms with Gasteiger partial charge in [0.1, 0.15) is 11.6 Å². The third-order valence-electron chi connectivity index (χ3n) is 6.04. The Balaban J connectivity index is 1.41. The van der Waals surface area contributed by atoms with Crippen LogP contribution in [0.5, 0.6) is 5.75 Å². The number of carbonyl (C=O) groups is 1. The molecule has 34 heavy (non-hydrogen) atoms. The van der Waals surface area contributed by atoms with Crippen LogP contribution in [0.25, 0.3) is 10.8 Å². The van der Waals surface area contributed by atoms with Crippen LogP contribution in [0, 0.1) is 6.92 Å². The van der Waals surface area contributed by atoms with Gasteiger partial charge in [0.2, 0.25) is 5.95 Å². The number of rotatable bonds is 5. The summed E-state index contributed by atoms with van der Waals surface area (Å²) in [5.74, 6) is 2.03. The molecule has 8 nitrogen and oxygen atoms in total. The topological polar surface area (TPSA) is 83.5 Å². The Bertz CT molecular complexity index is 1320. The highest BCUT2D eigenvalue weighted by Gasteiger charge is 2.23. The first-order valence-electron chi connectivity index (χ1n) is 11.2. The van der Waals surface area contributed by atoms with Crippen molar-refractivity contribution in [2.75, 3.05) is 48.4 Å². The van der Waals surface area contributed by atoms with Crippen molar-refractivity contribution in [2.45, 2.75) is 6.92 Å². The minimum absolute atomic E-state index is 0.217. The molecule has 1 aliphatic rings. The van der Waals surface area contributed by atoms with Gasteiger partial charge < -0.3 is 19.9 Å². The van der Waals surface area contributed by atoms with Crippen molar-refractivity contribution >= 4 is 34.1 Å². The number of hydrogen-bond donors (Lipinski definition) is 1. The first-order valence-corrected chi connectivity index (χ1v) is 11.2. The zero-order valence-electron chi connectivity index (χ0n) is 19.2. The SMILES string of the molecule is COc1ccc(C)cc1NC(=O)c1cnc(N2CCN(c3ncccn3)CC2)c2ccccc12. The van der Waals surface area contributed by atoms with Gasteiger partial charge in [0.25, 0.3) is 5.91 Å². The largest absolute Gasteiger partial charge is 0.495 e. The monoisotopic (exact) mass is 454 g/mol. The zero-order valence-corrected chi connectivity index (χ0v) is 19.2. The molecule has 4 aromatic rings. The molecule has 8 heteroatoms. The van der Waals surface area contributed by atoms with Crippen molar-refractivity contribution in [1.82, 2.24) is 15.0 Å². The maximum atomic E-state index is 13.3. The Morgan fingerprint density at radius 1 is 0.912 bits per heavy atom. The molecule has 0 aliphatic carbocycles. The number of amides is 1. The summed E-state index contributed by atoms with van der Waals surface area (Å²) in [6.45, 7) is 5.16. The highest BCUT2D eigenvalue weighted by atomic mass is 16.5. The summed E-state index contributed by atoms with van der Waals surface area (Å²) in [7, 11) is 1.59. The number of aryl methyl sites for hydroxylation is 1. The number of fused-ring (bicyclic) bond motifs is 1. The zero-order chi connectivity index (χ0) is 23.5. The number of methoxy groups -OCH3 is 1. The average Bonchev–Trinajstić information content (AvgIpc) is 2.89. The summed E-state index contributed by atoms with van der Waals surface area (Å²) < 4.78 is 5.41. The van der Waals surface area contributed by atoms with Crippen molar-refractivity contribution in [3.05, 3.63) is 78.2 Å². The van der Waals surface area contributed by atoms with Gasteiger partial charge in [-0.05, 0) is 36.1 Å². The molecule has 3 heterocycles. The maximum absolute atomic E-state index is 13.3. The van der Waals surface area contributed by atoms with E-state index in [9.17, 15) is 4.79 Å². The molecule has 0 spiro atoms. The molecule has 0 saturated carbocycles. The van der Waals surface area contributed by atoms with Crippen LogP contribution < -0.4 is 19.9 Å². The van der Waals surface area contributed by atoms with Gasteiger partial charge in [-0.15, -0.1) is 0 Å². The van der Waals surface area contributed by atoms with Crippen LogP contribution in [-0.2, 0) is 0 Å². The van der Waals surface area contributed by atoms with Gasteiger partial charge in [0, 0.05) is 50.2 Å². The normalized spacial score (nSPS) is 13.7. The molecule has 2 aromatic heterocycles. The molecule has 5 rings (SSSR count). The van der Waals surface area contributed by atoms with E-state index >= 15 is 0 Å². The van der Waals surface area contributed by atoms with Crippen LogP contribution in [0.2, 0.25) is 0 Å². The third-order valence-corrected chi connectivity index (χ3v) is 6.04. The number of benzene rings is 2. The summed E-state index contributed by atoms with van der Waals surface area (Å²) in [4.78, 5) is 31.1. The number of aromatic nitrogens is 3. The summed E-state index contributed by atoms with van der Waals surface area (Å²) >= 11 is 0. The summed E-state index contributed by atoms with van der Waals surface area (Å²) in [5.41, 5.74) is 2.20. The van der Waals surface area contributed by atoms with E-state index in [-0.39, 0.29) is 5.91 Å². The fourth-order valence-corrected chi connectivity index (χ4v) is 4.29. The number of pyridine rings is 1. The van der Waals surface area contributed by atoms with Crippen molar-refractivity contribution < 1.29 is 9.53 Å². The van der Waals surface area contributed by atoms with E-state index in [0.717, 1.165) is 54.3 Å². The molecule has 1 amide bonds. The molecule has 0 radical (unpaired) electrons. The summed E-state index contributed by atoms with van der Waals surface area (Å²) in [6.07, 6.45) is 5.20. The van der Waals surface area contributed by atoms with Gasteiger partial charge in [-0.1, -0.05) is 30.3 Å². The summed E-state index contributed by atoms with van der Waals surface area (Å²) in [6, 6.07) is 15.4. The molecule has 172 valence electrons. The summed E-state index contributed by atoms with van der Waals surface area (Å²) in [5, 5.41) is 4.82. The first kappa shape index (κ1) is 21.6. The number of hydrogen-bond acceptors (Lipinski definition) is 7. The van der Waals surface area contributed by atoms with Crippen LogP contribution in [-0.4, -0.2) is 54.1 Å². The Hall–Kier alpha value is -4.20. The number of ether oxygens (including phenoxy) is 1. The van der Waals surface area contributed by atoms with E-state index in [0.29, 0.717) is 17.0 Å². The standard InChI is InChI=1S/C26H26N6O2/c1-18-8-9-23(34-2)22(16-18)30-25(33)21-17-29-24(20-7-4-3-6-19(20)21)31-12-14-32(15-13-31)26-27-10-5-11-28-26/h3-11,16-17H,12-15H2,1-2H3,(H,30,33). The van der Waals surface area contributed by atoms with Crippen molar-refractivity contribution in [3.8, 4) is 5.75 Å². The minimum Gasteiger partial charge on any atom is -0.495 e. The van der Waals surface area contributed by atoms with Crippen LogP contribution in [0.1, 0.15) is 15.9 Å². The number of carbonyl (C=O) groups excluding carboxylic acids is 1. The van der Waals surface area contributed by atoms with E-state index in [4.69, 9.17) is 9.72 Å². The molecule has 1 aliphatic heterocycles. The highest BCUT2D eigenvalue weighted by Crippen LogP contribution is 2.30. The van der Waals surface area contributed by atoms with E-state index in [1.165, 1.54) is 0 Å². The van der Waals surface area contributed by atoms with E-state index < -0.39 is 0 Å². The quantitative estimate of drug-likeness (QED) is 0.489. The second-order valence-corrected chi connectivity index (χ2v) is 8.22. The lowest BCUT2D eigenvalue weighted by Crippen LogP contribution is -2.47. The van der Waals surface area contributed by atoms with Gasteiger partial charge in [0.05, 0.1) is 18.4 Å². The second kappa shape index (κ2) is 9.35. The van der Waals surface area contributed by atoms with Crippen LogP contribution in [0.15, 0.2) is 67.1 Å². The Morgan fingerprint density at radius 3 is 2.35 bits per heavy atom. The second-order valence-electron chi connectivity index (χ2n) is 8.22. The molecule has 1 N–H and O–H groups in total. The number of nitrogens with one attached hydrogen (secondary N) is 1. The number of anilines is 3. The fraction of sp³-hybridized carbons (Fsp3) is 0.231. The lowest BCUT2D eigenvalue weighted by Gasteiger charge is -2.35. The predicted octanol–water partition coefficient (Wildman–Crippen LogP) is 3.92. The molecule has 1 fully saturated rings. The predicted molar refractivity (Wildman–Crippen MR) is 134 cm³/mol. The smallest absolute Gasteiger partial charge is 0.257 e. The Kier molecular flexibility index (Phi) is 5.95. The fourth-order valence-electron chi connectivity index (χ4n) is 4.29. The lowest BCUT2D eigenvalue weighted by molar-refractivity contribution is 0.102.